The summed E-state index contributed by atoms with van der Waals surface area (Å²) in [6.07, 6.45) is 2.06. The van der Waals surface area contributed by atoms with Gasteiger partial charge in [0.15, 0.2) is 9.84 Å². The molecule has 7 nitrogen and oxygen atoms in total. The smallest absolute Gasteiger partial charge is 0.180 e. The van der Waals surface area contributed by atoms with E-state index in [0.29, 0.717) is 0 Å². The van der Waals surface area contributed by atoms with E-state index in [1.54, 1.807) is 6.07 Å². The molecule has 0 bridgehead atoms. The summed E-state index contributed by atoms with van der Waals surface area (Å²) in [5, 5.41) is 11.7. The van der Waals surface area contributed by atoms with Crippen molar-refractivity contribution in [3.63, 3.8) is 0 Å². The van der Waals surface area contributed by atoms with Crippen LogP contribution in [0.5, 0.6) is 0 Å². The standard InChI is InChI=1S/C9H13N3O4S3/c1-18(13,14)4-3-12-9-8(19(2,15)16)7(11)6(5-10)17-9/h12H,3-4,11H2,1-2H3. The number of rotatable bonds is 5. The second-order valence-electron chi connectivity index (χ2n) is 3.94. The zero-order valence-corrected chi connectivity index (χ0v) is 12.7. The Balaban J connectivity index is 3.12. The Morgan fingerprint density at radius 3 is 2.32 bits per heavy atom. The second kappa shape index (κ2) is 5.36. The molecule has 0 aliphatic heterocycles. The maximum absolute atomic E-state index is 11.6. The highest BCUT2D eigenvalue weighted by Crippen LogP contribution is 2.38. The number of thiophene rings is 1. The molecule has 0 spiro atoms. The summed E-state index contributed by atoms with van der Waals surface area (Å²) in [6, 6.07) is 1.81. The number of nitrogens with zero attached hydrogens (tertiary/aromatic N) is 1. The van der Waals surface area contributed by atoms with Crippen molar-refractivity contribution in [1.82, 2.24) is 0 Å². The van der Waals surface area contributed by atoms with Crippen LogP contribution in [0.4, 0.5) is 10.7 Å². The van der Waals surface area contributed by atoms with Gasteiger partial charge in [-0.05, 0) is 0 Å². The lowest BCUT2D eigenvalue weighted by Crippen LogP contribution is -2.15. The van der Waals surface area contributed by atoms with E-state index < -0.39 is 19.7 Å². The number of sulfone groups is 2. The van der Waals surface area contributed by atoms with Gasteiger partial charge < -0.3 is 11.1 Å². The van der Waals surface area contributed by atoms with Crippen LogP contribution in [-0.4, -0.2) is 41.6 Å². The van der Waals surface area contributed by atoms with E-state index in [1.807, 2.05) is 0 Å². The number of hydrogen-bond donors (Lipinski definition) is 2. The Kier molecular flexibility index (Phi) is 4.44. The van der Waals surface area contributed by atoms with Crippen LogP contribution in [0.15, 0.2) is 4.90 Å². The minimum Gasteiger partial charge on any atom is -0.396 e. The molecule has 0 unspecified atom stereocenters. The summed E-state index contributed by atoms with van der Waals surface area (Å²) in [4.78, 5) is -0.0650. The second-order valence-corrected chi connectivity index (χ2v) is 9.18. The molecule has 1 rings (SSSR count). The third-order valence-electron chi connectivity index (χ3n) is 2.13. The van der Waals surface area contributed by atoms with Gasteiger partial charge in [-0.2, -0.15) is 5.26 Å². The van der Waals surface area contributed by atoms with Crippen LogP contribution in [0, 0.1) is 11.3 Å². The summed E-state index contributed by atoms with van der Waals surface area (Å²) in [7, 11) is -6.75. The van der Waals surface area contributed by atoms with E-state index in [-0.39, 0.29) is 32.8 Å². The predicted molar refractivity (Wildman–Crippen MR) is 74.8 cm³/mol. The van der Waals surface area contributed by atoms with Crippen LogP contribution in [0.2, 0.25) is 0 Å². The van der Waals surface area contributed by atoms with Crippen LogP contribution < -0.4 is 11.1 Å². The van der Waals surface area contributed by atoms with Crippen LogP contribution in [-0.2, 0) is 19.7 Å². The van der Waals surface area contributed by atoms with Crippen LogP contribution in [0.3, 0.4) is 0 Å². The first kappa shape index (κ1) is 15.7. The number of nitrogens with one attached hydrogen (secondary N) is 1. The van der Waals surface area contributed by atoms with Crippen molar-refractivity contribution >= 4 is 41.7 Å². The van der Waals surface area contributed by atoms with Gasteiger partial charge in [0.1, 0.15) is 30.7 Å². The van der Waals surface area contributed by atoms with Crippen molar-refractivity contribution in [1.29, 1.82) is 5.26 Å². The van der Waals surface area contributed by atoms with Crippen LogP contribution in [0.25, 0.3) is 0 Å². The minimum atomic E-state index is -3.60. The monoisotopic (exact) mass is 323 g/mol. The fraction of sp³-hybridized carbons (Fsp3) is 0.444. The van der Waals surface area contributed by atoms with Gasteiger partial charge in [0.25, 0.3) is 0 Å². The van der Waals surface area contributed by atoms with Gasteiger partial charge in [0.05, 0.1) is 11.4 Å². The Morgan fingerprint density at radius 1 is 1.32 bits per heavy atom. The largest absolute Gasteiger partial charge is 0.396 e. The molecule has 0 amide bonds. The number of nitriles is 1. The highest BCUT2D eigenvalue weighted by molar-refractivity contribution is 7.91. The summed E-state index contributed by atoms with van der Waals surface area (Å²) in [5.41, 5.74) is 5.51. The molecule has 0 aromatic carbocycles. The lowest BCUT2D eigenvalue weighted by molar-refractivity contribution is 0.601. The van der Waals surface area contributed by atoms with Crippen molar-refractivity contribution in [2.45, 2.75) is 4.90 Å². The van der Waals surface area contributed by atoms with E-state index in [2.05, 4.69) is 5.32 Å². The van der Waals surface area contributed by atoms with Gasteiger partial charge in [-0.3, -0.25) is 0 Å². The Bertz CT molecular complexity index is 725. The van der Waals surface area contributed by atoms with Crippen molar-refractivity contribution in [3.05, 3.63) is 4.88 Å². The van der Waals surface area contributed by atoms with E-state index in [9.17, 15) is 16.8 Å². The summed E-state index contributed by atoms with van der Waals surface area (Å²) in [6.45, 7) is 0.0478. The van der Waals surface area contributed by atoms with Crippen molar-refractivity contribution in [3.8, 4) is 6.07 Å². The molecule has 106 valence electrons. The van der Waals surface area contributed by atoms with Crippen LogP contribution in [0.1, 0.15) is 4.88 Å². The maximum Gasteiger partial charge on any atom is 0.180 e. The summed E-state index contributed by atoms with van der Waals surface area (Å²) >= 11 is 0.892. The highest BCUT2D eigenvalue weighted by Gasteiger charge is 2.23. The molecule has 3 N–H and O–H groups in total. The van der Waals surface area contributed by atoms with Gasteiger partial charge >= 0.3 is 0 Å². The van der Waals surface area contributed by atoms with Crippen molar-refractivity contribution < 1.29 is 16.8 Å². The summed E-state index contributed by atoms with van der Waals surface area (Å²) < 4.78 is 45.2. The van der Waals surface area contributed by atoms with E-state index >= 15 is 0 Å². The molecule has 1 aromatic heterocycles. The van der Waals surface area contributed by atoms with Gasteiger partial charge in [0.2, 0.25) is 0 Å². The normalized spacial score (nSPS) is 12.1. The summed E-state index contributed by atoms with van der Waals surface area (Å²) in [5.74, 6) is -0.143. The fourth-order valence-electron chi connectivity index (χ4n) is 1.35. The number of nitrogen functional groups attached to an aromatic ring is 1. The topological polar surface area (TPSA) is 130 Å². The van der Waals surface area contributed by atoms with Crippen molar-refractivity contribution in [2.24, 2.45) is 0 Å². The average Bonchev–Trinajstić information content (AvgIpc) is 2.52. The molecule has 0 radical (unpaired) electrons. The number of nitrogens with two attached hydrogens (primary N) is 1. The lowest BCUT2D eigenvalue weighted by atomic mass is 10.4. The van der Waals surface area contributed by atoms with Gasteiger partial charge in [-0.25, -0.2) is 16.8 Å². The van der Waals surface area contributed by atoms with E-state index in [0.717, 1.165) is 23.8 Å². The fourth-order valence-corrected chi connectivity index (χ4v) is 4.21. The molecule has 1 aromatic rings. The zero-order valence-electron chi connectivity index (χ0n) is 10.3. The molecule has 0 aliphatic carbocycles. The SMILES string of the molecule is CS(=O)(=O)CCNc1sc(C#N)c(N)c1S(C)(=O)=O. The molecule has 0 aliphatic rings. The Morgan fingerprint density at radius 2 is 1.89 bits per heavy atom. The third-order valence-corrected chi connectivity index (χ3v) is 5.44. The van der Waals surface area contributed by atoms with Gasteiger partial charge in [-0.15, -0.1) is 11.3 Å². The van der Waals surface area contributed by atoms with E-state index in [4.69, 9.17) is 11.0 Å². The van der Waals surface area contributed by atoms with Gasteiger partial charge in [-0.1, -0.05) is 0 Å². The molecule has 0 saturated heterocycles. The third kappa shape index (κ3) is 4.09. The predicted octanol–water partition coefficient (Wildman–Crippen LogP) is 0.0620. The molecular formula is C9H13N3O4S3. The quantitative estimate of drug-likeness (QED) is 0.783. The lowest BCUT2D eigenvalue weighted by Gasteiger charge is -2.05. The number of anilines is 2. The molecule has 1 heterocycles. The average molecular weight is 323 g/mol. The molecule has 10 heteroatoms. The molecular weight excluding hydrogens is 310 g/mol. The first-order valence-electron chi connectivity index (χ1n) is 5.00. The Labute approximate surface area is 115 Å². The maximum atomic E-state index is 11.6. The molecule has 0 atom stereocenters. The zero-order chi connectivity index (χ0) is 14.8. The van der Waals surface area contributed by atoms with Gasteiger partial charge in [0, 0.05) is 19.1 Å². The van der Waals surface area contributed by atoms with Crippen molar-refractivity contribution in [2.75, 3.05) is 35.9 Å². The molecule has 0 saturated carbocycles. The first-order chi connectivity index (χ1) is 8.56. The Hall–Kier alpha value is -1.31. The number of hydrogen-bond acceptors (Lipinski definition) is 8. The van der Waals surface area contributed by atoms with Crippen LogP contribution >= 0.6 is 11.3 Å². The molecule has 19 heavy (non-hydrogen) atoms. The highest BCUT2D eigenvalue weighted by atomic mass is 32.2. The minimum absolute atomic E-state index is 0.0478. The van der Waals surface area contributed by atoms with E-state index in [1.165, 1.54) is 0 Å². The first-order valence-corrected chi connectivity index (χ1v) is 9.77. The molecule has 0 fully saturated rings.